The first-order valence-electron chi connectivity index (χ1n) is 10.1. The van der Waals surface area contributed by atoms with Crippen LogP contribution in [0.2, 0.25) is 0 Å². The van der Waals surface area contributed by atoms with Gasteiger partial charge in [0.15, 0.2) is 9.84 Å². The molecule has 0 spiro atoms. The van der Waals surface area contributed by atoms with E-state index in [0.717, 1.165) is 15.4 Å². The van der Waals surface area contributed by atoms with Crippen LogP contribution in [0.15, 0.2) is 60.7 Å². The molecule has 0 saturated carbocycles. The highest BCUT2D eigenvalue weighted by molar-refractivity contribution is 14.1. The van der Waals surface area contributed by atoms with Gasteiger partial charge in [0, 0.05) is 32.7 Å². The van der Waals surface area contributed by atoms with E-state index in [1.54, 1.807) is 62.8 Å². The summed E-state index contributed by atoms with van der Waals surface area (Å²) < 4.78 is 41.0. The van der Waals surface area contributed by atoms with E-state index in [0.29, 0.717) is 34.2 Å². The number of ether oxygens (including phenoxy) is 3. The lowest BCUT2D eigenvalue weighted by molar-refractivity contribution is 0.102. The summed E-state index contributed by atoms with van der Waals surface area (Å²) in [5, 5.41) is 5.72. The summed E-state index contributed by atoms with van der Waals surface area (Å²) in [6, 6.07) is 17.5. The Hall–Kier alpha value is -2.99. The van der Waals surface area contributed by atoms with Crippen LogP contribution >= 0.6 is 22.6 Å². The third-order valence-corrected chi connectivity index (χ3v) is 6.13. The Kier molecular flexibility index (Phi) is 8.61. The molecular weight excluding hydrogens is 571 g/mol. The number of benzene rings is 3. The van der Waals surface area contributed by atoms with E-state index < -0.39 is 9.84 Å². The van der Waals surface area contributed by atoms with E-state index >= 15 is 0 Å². The lowest BCUT2D eigenvalue weighted by Crippen LogP contribution is -2.14. The third kappa shape index (κ3) is 7.26. The van der Waals surface area contributed by atoms with Crippen molar-refractivity contribution < 1.29 is 27.4 Å². The number of carbonyl (C=O) groups excluding carboxylic acids is 1. The fraction of sp³-hybridized carbons (Fsp3) is 0.208. The van der Waals surface area contributed by atoms with E-state index in [4.69, 9.17) is 14.2 Å². The largest absolute Gasteiger partial charge is 0.497 e. The summed E-state index contributed by atoms with van der Waals surface area (Å²) >= 11 is 2.17. The molecule has 0 bridgehead atoms. The molecule has 180 valence electrons. The van der Waals surface area contributed by atoms with Gasteiger partial charge in [-0.15, -0.1) is 0 Å². The molecule has 0 atom stereocenters. The predicted octanol–water partition coefficient (Wildman–Crippen LogP) is 4.55. The lowest BCUT2D eigenvalue weighted by atomic mass is 10.2. The number of carbonyl (C=O) groups is 1. The number of amides is 1. The van der Waals surface area contributed by atoms with Crippen LogP contribution in [0.25, 0.3) is 0 Å². The Morgan fingerprint density at radius 1 is 0.941 bits per heavy atom. The first-order chi connectivity index (χ1) is 16.2. The lowest BCUT2D eigenvalue weighted by Gasteiger charge is -2.16. The van der Waals surface area contributed by atoms with Gasteiger partial charge in [-0.05, 0) is 77.2 Å². The second-order valence-corrected chi connectivity index (χ2v) is 10.8. The molecule has 0 unspecified atom stereocenters. The SMILES string of the molecule is COc1ccc(OC)c(COc2cc(NC(=O)c3ccc(I)cc3)ccc2NCS(C)(=O)=O)c1. The fourth-order valence-electron chi connectivity index (χ4n) is 3.03. The highest BCUT2D eigenvalue weighted by Crippen LogP contribution is 2.31. The van der Waals surface area contributed by atoms with Crippen LogP contribution in [0.4, 0.5) is 11.4 Å². The zero-order valence-electron chi connectivity index (χ0n) is 18.9. The van der Waals surface area contributed by atoms with E-state index in [1.165, 1.54) is 0 Å². The first kappa shape index (κ1) is 25.6. The maximum atomic E-state index is 12.6. The molecule has 3 aromatic rings. The van der Waals surface area contributed by atoms with E-state index in [1.807, 2.05) is 12.1 Å². The summed E-state index contributed by atoms with van der Waals surface area (Å²) in [5.41, 5.74) is 2.23. The maximum absolute atomic E-state index is 12.6. The summed E-state index contributed by atoms with van der Waals surface area (Å²) in [6.07, 6.45) is 1.14. The Balaban J connectivity index is 1.86. The number of sulfone groups is 1. The number of nitrogens with one attached hydrogen (secondary N) is 2. The van der Waals surface area contributed by atoms with E-state index in [-0.39, 0.29) is 18.4 Å². The molecular formula is C24H25IN2O6S. The molecule has 0 aliphatic carbocycles. The van der Waals surface area contributed by atoms with Crippen LogP contribution in [0.3, 0.4) is 0 Å². The van der Waals surface area contributed by atoms with Gasteiger partial charge in [-0.1, -0.05) is 0 Å². The van der Waals surface area contributed by atoms with Gasteiger partial charge in [-0.3, -0.25) is 4.79 Å². The van der Waals surface area contributed by atoms with Crippen molar-refractivity contribution in [2.24, 2.45) is 0 Å². The molecule has 3 rings (SSSR count). The normalized spacial score (nSPS) is 10.9. The van der Waals surface area contributed by atoms with Gasteiger partial charge in [0.2, 0.25) is 0 Å². The summed E-state index contributed by atoms with van der Waals surface area (Å²) in [5.74, 6) is 1.10. The molecule has 0 aliphatic rings. The number of hydrogen-bond donors (Lipinski definition) is 2. The average molecular weight is 596 g/mol. The molecule has 0 aromatic heterocycles. The Morgan fingerprint density at radius 3 is 2.32 bits per heavy atom. The number of methoxy groups -OCH3 is 2. The Morgan fingerprint density at radius 2 is 1.68 bits per heavy atom. The van der Waals surface area contributed by atoms with Gasteiger partial charge >= 0.3 is 0 Å². The van der Waals surface area contributed by atoms with Crippen LogP contribution in [0, 0.1) is 3.57 Å². The summed E-state index contributed by atoms with van der Waals surface area (Å²) in [7, 11) is -0.139. The molecule has 2 N–H and O–H groups in total. The third-order valence-electron chi connectivity index (χ3n) is 4.74. The molecule has 3 aromatic carbocycles. The van der Waals surface area contributed by atoms with Gasteiger partial charge in [0.25, 0.3) is 5.91 Å². The van der Waals surface area contributed by atoms with Crippen molar-refractivity contribution in [3.05, 3.63) is 75.4 Å². The van der Waals surface area contributed by atoms with Crippen molar-refractivity contribution in [1.82, 2.24) is 0 Å². The topological polar surface area (TPSA) is 103 Å². The minimum absolute atomic E-state index is 0.127. The molecule has 0 fully saturated rings. The second-order valence-electron chi connectivity index (χ2n) is 7.39. The zero-order chi connectivity index (χ0) is 24.7. The van der Waals surface area contributed by atoms with Gasteiger partial charge in [0.05, 0.1) is 19.9 Å². The molecule has 0 saturated heterocycles. The maximum Gasteiger partial charge on any atom is 0.255 e. The number of anilines is 2. The quantitative estimate of drug-likeness (QED) is 0.331. The summed E-state index contributed by atoms with van der Waals surface area (Å²) in [4.78, 5) is 12.6. The minimum atomic E-state index is -3.27. The number of hydrogen-bond acceptors (Lipinski definition) is 7. The average Bonchev–Trinajstić information content (AvgIpc) is 2.81. The zero-order valence-corrected chi connectivity index (χ0v) is 21.9. The van der Waals surface area contributed by atoms with Crippen molar-refractivity contribution >= 4 is 49.7 Å². The van der Waals surface area contributed by atoms with Crippen LogP contribution in [-0.4, -0.2) is 40.7 Å². The molecule has 10 heteroatoms. The monoisotopic (exact) mass is 596 g/mol. The predicted molar refractivity (Wildman–Crippen MR) is 141 cm³/mol. The van der Waals surface area contributed by atoms with Gasteiger partial charge in [-0.25, -0.2) is 8.42 Å². The number of rotatable bonds is 10. The molecule has 0 radical (unpaired) electrons. The Bertz CT molecular complexity index is 1260. The first-order valence-corrected chi connectivity index (χ1v) is 13.3. The molecule has 8 nitrogen and oxygen atoms in total. The molecule has 1 amide bonds. The van der Waals surface area contributed by atoms with Gasteiger partial charge < -0.3 is 24.8 Å². The van der Waals surface area contributed by atoms with Crippen LogP contribution in [0.1, 0.15) is 15.9 Å². The van der Waals surface area contributed by atoms with Gasteiger partial charge in [-0.2, -0.15) is 0 Å². The van der Waals surface area contributed by atoms with Crippen LogP contribution in [-0.2, 0) is 16.4 Å². The molecule has 34 heavy (non-hydrogen) atoms. The van der Waals surface area contributed by atoms with Crippen molar-refractivity contribution in [2.45, 2.75) is 6.61 Å². The molecule has 0 aliphatic heterocycles. The van der Waals surface area contributed by atoms with Crippen molar-refractivity contribution in [3.63, 3.8) is 0 Å². The number of halogens is 1. The van der Waals surface area contributed by atoms with E-state index in [2.05, 4.69) is 33.2 Å². The van der Waals surface area contributed by atoms with Crippen LogP contribution in [0.5, 0.6) is 17.2 Å². The molecule has 0 heterocycles. The van der Waals surface area contributed by atoms with Crippen molar-refractivity contribution in [2.75, 3.05) is 37.0 Å². The standard InChI is InChI=1S/C24H25IN2O6S/c1-31-20-9-11-22(32-2)17(12-20)14-33-23-13-19(8-10-21(23)26-15-34(3,29)30)27-24(28)16-4-6-18(25)7-5-16/h4-13,26H,14-15H2,1-3H3,(H,27,28). The van der Waals surface area contributed by atoms with Gasteiger partial charge in [0.1, 0.15) is 29.7 Å². The van der Waals surface area contributed by atoms with Crippen molar-refractivity contribution in [1.29, 1.82) is 0 Å². The van der Waals surface area contributed by atoms with E-state index in [9.17, 15) is 13.2 Å². The second kappa shape index (κ2) is 11.4. The smallest absolute Gasteiger partial charge is 0.255 e. The highest BCUT2D eigenvalue weighted by atomic mass is 127. The van der Waals surface area contributed by atoms with Crippen molar-refractivity contribution in [3.8, 4) is 17.2 Å². The summed E-state index contributed by atoms with van der Waals surface area (Å²) in [6.45, 7) is 0.127. The van der Waals surface area contributed by atoms with Crippen LogP contribution < -0.4 is 24.8 Å². The highest BCUT2D eigenvalue weighted by Gasteiger charge is 2.13. The fourth-order valence-corrected chi connectivity index (χ4v) is 3.81. The Labute approximate surface area is 212 Å². The minimum Gasteiger partial charge on any atom is -0.497 e.